The molecule has 0 spiro atoms. The second-order valence-corrected chi connectivity index (χ2v) is 12.3. The van der Waals surface area contributed by atoms with Crippen molar-refractivity contribution in [2.45, 2.75) is 30.7 Å². The van der Waals surface area contributed by atoms with Crippen LogP contribution >= 0.6 is 11.8 Å². The Morgan fingerprint density at radius 2 is 1.63 bits per heavy atom. The van der Waals surface area contributed by atoms with E-state index in [9.17, 15) is 13.5 Å². The van der Waals surface area contributed by atoms with E-state index in [1.165, 1.54) is 0 Å². The SMILES string of the molecule is CNCc1ccc(S(=O)(=O)Nc2nc3ccccc3nc2Nc2cc(O)ccc2CC2CCSCC2)cc1. The van der Waals surface area contributed by atoms with E-state index in [4.69, 9.17) is 4.98 Å². The van der Waals surface area contributed by atoms with Gasteiger partial charge in [0.2, 0.25) is 0 Å². The molecule has 10 heteroatoms. The van der Waals surface area contributed by atoms with Gasteiger partial charge in [-0.15, -0.1) is 0 Å². The van der Waals surface area contributed by atoms with Gasteiger partial charge in [-0.25, -0.2) is 18.4 Å². The molecule has 0 aliphatic carbocycles. The topological polar surface area (TPSA) is 116 Å². The molecule has 1 aromatic heterocycles. The van der Waals surface area contributed by atoms with Gasteiger partial charge in [0.15, 0.2) is 11.6 Å². The van der Waals surface area contributed by atoms with Crippen molar-refractivity contribution >= 4 is 50.1 Å². The Morgan fingerprint density at radius 3 is 2.32 bits per heavy atom. The molecule has 0 radical (unpaired) electrons. The van der Waals surface area contributed by atoms with Gasteiger partial charge in [-0.2, -0.15) is 11.8 Å². The van der Waals surface area contributed by atoms with Gasteiger partial charge in [-0.1, -0.05) is 30.3 Å². The van der Waals surface area contributed by atoms with Gasteiger partial charge in [-0.3, -0.25) is 4.72 Å². The Morgan fingerprint density at radius 1 is 0.947 bits per heavy atom. The lowest BCUT2D eigenvalue weighted by Gasteiger charge is -2.23. The third-order valence-electron chi connectivity index (χ3n) is 6.61. The Balaban J connectivity index is 1.50. The van der Waals surface area contributed by atoms with Crippen LogP contribution in [0, 0.1) is 5.92 Å². The Bertz CT molecular complexity index is 1520. The van der Waals surface area contributed by atoms with Crippen molar-refractivity contribution < 1.29 is 13.5 Å². The second-order valence-electron chi connectivity index (χ2n) is 9.42. The summed E-state index contributed by atoms with van der Waals surface area (Å²) >= 11 is 1.99. The van der Waals surface area contributed by atoms with Gasteiger partial charge < -0.3 is 15.7 Å². The van der Waals surface area contributed by atoms with E-state index in [1.807, 2.05) is 43.1 Å². The normalized spacial score (nSPS) is 14.4. The molecule has 5 rings (SSSR count). The van der Waals surface area contributed by atoms with E-state index in [0.29, 0.717) is 29.2 Å². The number of rotatable bonds is 9. The summed E-state index contributed by atoms with van der Waals surface area (Å²) < 4.78 is 29.3. The fourth-order valence-corrected chi connectivity index (χ4v) is 6.80. The monoisotopic (exact) mass is 549 g/mol. The molecule has 1 fully saturated rings. The Kier molecular flexibility index (Phi) is 8.01. The zero-order valence-electron chi connectivity index (χ0n) is 21.1. The highest BCUT2D eigenvalue weighted by Gasteiger charge is 2.21. The van der Waals surface area contributed by atoms with Crippen LogP contribution in [-0.2, 0) is 23.0 Å². The molecule has 8 nitrogen and oxygen atoms in total. The first-order valence-electron chi connectivity index (χ1n) is 12.6. The van der Waals surface area contributed by atoms with Crippen molar-refractivity contribution in [3.63, 3.8) is 0 Å². The highest BCUT2D eigenvalue weighted by molar-refractivity contribution is 7.99. The van der Waals surface area contributed by atoms with Gasteiger partial charge in [0.05, 0.1) is 15.9 Å². The molecule has 2 heterocycles. The molecule has 1 aliphatic heterocycles. The fourth-order valence-electron chi connectivity index (χ4n) is 4.58. The number of phenols is 1. The van der Waals surface area contributed by atoms with Gasteiger partial charge in [0, 0.05) is 18.3 Å². The van der Waals surface area contributed by atoms with Crippen molar-refractivity contribution in [3.05, 3.63) is 77.9 Å². The first-order chi connectivity index (χ1) is 18.4. The molecule has 3 aromatic carbocycles. The third kappa shape index (κ3) is 6.20. The van der Waals surface area contributed by atoms with Gasteiger partial charge in [-0.05, 0) is 85.2 Å². The molecule has 38 heavy (non-hydrogen) atoms. The van der Waals surface area contributed by atoms with E-state index in [1.54, 1.807) is 42.5 Å². The number of phenolic OH excluding ortho intramolecular Hbond substituents is 1. The van der Waals surface area contributed by atoms with E-state index in [-0.39, 0.29) is 22.3 Å². The van der Waals surface area contributed by atoms with Crippen molar-refractivity contribution in [2.24, 2.45) is 5.92 Å². The summed E-state index contributed by atoms with van der Waals surface area (Å²) in [5.74, 6) is 3.35. The number of sulfonamides is 1. The number of hydrogen-bond donors (Lipinski definition) is 4. The lowest BCUT2D eigenvalue weighted by molar-refractivity contribution is 0.472. The summed E-state index contributed by atoms with van der Waals surface area (Å²) in [5, 5.41) is 16.6. The first kappa shape index (κ1) is 26.3. The number of aromatic hydroxyl groups is 1. The average molecular weight is 550 g/mol. The zero-order chi connectivity index (χ0) is 26.5. The standard InChI is InChI=1S/C28H31N5O3S2/c1-29-18-20-6-10-23(11-7-20)38(35,36)33-28-27(30-24-4-2-3-5-25(24)31-28)32-26-17-22(34)9-8-21(26)16-19-12-14-37-15-13-19/h2-11,17,19,29,34H,12-16,18H2,1H3,(H,30,32)(H,31,33). The van der Waals surface area contributed by atoms with Crippen LogP contribution in [0.15, 0.2) is 71.6 Å². The van der Waals surface area contributed by atoms with Crippen LogP contribution in [0.1, 0.15) is 24.0 Å². The summed E-state index contributed by atoms with van der Waals surface area (Å²) in [5.41, 5.74) is 3.90. The predicted molar refractivity (Wildman–Crippen MR) is 155 cm³/mol. The smallest absolute Gasteiger partial charge is 0.263 e. The molecule has 0 unspecified atom stereocenters. The highest BCUT2D eigenvalue weighted by atomic mass is 32.2. The molecule has 0 saturated carbocycles. The van der Waals surface area contributed by atoms with Gasteiger partial charge in [0.1, 0.15) is 5.75 Å². The molecule has 0 bridgehead atoms. The quantitative estimate of drug-likeness (QED) is 0.223. The molecule has 4 N–H and O–H groups in total. The predicted octanol–water partition coefficient (Wildman–Crippen LogP) is 5.28. The summed E-state index contributed by atoms with van der Waals surface area (Å²) in [6, 6.07) is 19.3. The van der Waals surface area contributed by atoms with E-state index >= 15 is 0 Å². The fraction of sp³-hybridized carbons (Fsp3) is 0.286. The number of benzene rings is 3. The minimum atomic E-state index is -3.93. The molecule has 198 valence electrons. The summed E-state index contributed by atoms with van der Waals surface area (Å²) in [6.45, 7) is 0.643. The van der Waals surface area contributed by atoms with E-state index in [0.717, 1.165) is 41.9 Å². The number of nitrogens with zero attached hydrogens (tertiary/aromatic N) is 2. The number of fused-ring (bicyclic) bond motifs is 1. The van der Waals surface area contributed by atoms with Gasteiger partial charge >= 0.3 is 0 Å². The van der Waals surface area contributed by atoms with Crippen LogP contribution < -0.4 is 15.4 Å². The van der Waals surface area contributed by atoms with Crippen molar-refractivity contribution in [2.75, 3.05) is 28.6 Å². The number of anilines is 3. The summed E-state index contributed by atoms with van der Waals surface area (Å²) in [6.07, 6.45) is 3.17. The maximum absolute atomic E-state index is 13.3. The van der Waals surface area contributed by atoms with E-state index < -0.39 is 10.0 Å². The minimum absolute atomic E-state index is 0.0892. The largest absolute Gasteiger partial charge is 0.508 e. The molecular formula is C28H31N5O3S2. The van der Waals surface area contributed by atoms with Crippen LogP contribution in [-0.4, -0.2) is 42.0 Å². The van der Waals surface area contributed by atoms with E-state index in [2.05, 4.69) is 20.3 Å². The van der Waals surface area contributed by atoms with Crippen LogP contribution in [0.5, 0.6) is 5.75 Å². The number of thioether (sulfide) groups is 1. The molecular weight excluding hydrogens is 518 g/mol. The molecule has 0 amide bonds. The molecule has 1 saturated heterocycles. The Hall–Kier alpha value is -3.34. The maximum atomic E-state index is 13.3. The molecule has 1 aliphatic rings. The maximum Gasteiger partial charge on any atom is 0.263 e. The molecule has 0 atom stereocenters. The van der Waals surface area contributed by atoms with Crippen LogP contribution in [0.4, 0.5) is 17.3 Å². The summed E-state index contributed by atoms with van der Waals surface area (Å²) in [7, 11) is -2.10. The minimum Gasteiger partial charge on any atom is -0.508 e. The summed E-state index contributed by atoms with van der Waals surface area (Å²) in [4.78, 5) is 9.45. The lowest BCUT2D eigenvalue weighted by atomic mass is 9.93. The third-order valence-corrected chi connectivity index (χ3v) is 9.02. The Labute approximate surface area is 227 Å². The number of para-hydroxylation sites is 2. The van der Waals surface area contributed by atoms with Gasteiger partial charge in [0.25, 0.3) is 10.0 Å². The number of hydrogen-bond acceptors (Lipinski definition) is 8. The number of aromatic nitrogens is 2. The highest BCUT2D eigenvalue weighted by Crippen LogP contribution is 2.34. The first-order valence-corrected chi connectivity index (χ1v) is 15.2. The molecule has 4 aromatic rings. The van der Waals surface area contributed by atoms with Crippen molar-refractivity contribution in [1.29, 1.82) is 0 Å². The average Bonchev–Trinajstić information content (AvgIpc) is 2.91. The van der Waals surface area contributed by atoms with Crippen LogP contribution in [0.25, 0.3) is 11.0 Å². The van der Waals surface area contributed by atoms with Crippen LogP contribution in [0.3, 0.4) is 0 Å². The van der Waals surface area contributed by atoms with Crippen LogP contribution in [0.2, 0.25) is 0 Å². The lowest BCUT2D eigenvalue weighted by Crippen LogP contribution is -2.17. The second kappa shape index (κ2) is 11.6. The zero-order valence-corrected chi connectivity index (χ0v) is 22.8. The van der Waals surface area contributed by atoms with Crippen molar-refractivity contribution in [1.82, 2.24) is 15.3 Å². The van der Waals surface area contributed by atoms with Crippen molar-refractivity contribution in [3.8, 4) is 5.75 Å². The number of nitrogens with one attached hydrogen (secondary N) is 3.